The van der Waals surface area contributed by atoms with E-state index < -0.39 is 0 Å². The van der Waals surface area contributed by atoms with Crippen molar-refractivity contribution >= 4 is 68.2 Å². The van der Waals surface area contributed by atoms with E-state index >= 15 is 0 Å². The number of benzene rings is 2. The number of carbonyl (C=O) groups excluding carboxylic acids is 1. The first-order valence-electron chi connectivity index (χ1n) is 9.38. The quantitative estimate of drug-likeness (QED) is 0.395. The summed E-state index contributed by atoms with van der Waals surface area (Å²) in [7, 11) is 7.06. The van der Waals surface area contributed by atoms with Crippen LogP contribution in [0.1, 0.15) is 0 Å². The molecule has 0 saturated carbocycles. The zero-order chi connectivity index (χ0) is 22.5. The highest BCUT2D eigenvalue weighted by Gasteiger charge is 2.23. The third-order valence-electron chi connectivity index (χ3n) is 4.45. The van der Waals surface area contributed by atoms with Gasteiger partial charge >= 0.3 is 0 Å². The molecule has 0 radical (unpaired) electrons. The Morgan fingerprint density at radius 1 is 1.03 bits per heavy atom. The van der Waals surface area contributed by atoms with E-state index in [1.165, 1.54) is 11.3 Å². The monoisotopic (exact) mass is 519 g/mol. The van der Waals surface area contributed by atoms with Crippen LogP contribution in [0, 0.1) is 0 Å². The van der Waals surface area contributed by atoms with Gasteiger partial charge in [0, 0.05) is 18.1 Å². The van der Waals surface area contributed by atoms with Crippen LogP contribution in [0.3, 0.4) is 0 Å². The summed E-state index contributed by atoms with van der Waals surface area (Å²) in [5.74, 6) is 1.43. The van der Waals surface area contributed by atoms with Crippen LogP contribution in [-0.2, 0) is 4.79 Å². The molecular formula is C21H24Cl3N3O4S. The minimum Gasteiger partial charge on any atom is -0.495 e. The van der Waals surface area contributed by atoms with Crippen LogP contribution in [0.2, 0.25) is 10.0 Å². The summed E-state index contributed by atoms with van der Waals surface area (Å²) in [4.78, 5) is 21.4. The summed E-state index contributed by atoms with van der Waals surface area (Å²) in [5, 5.41) is 1.37. The molecule has 0 aliphatic carbocycles. The van der Waals surface area contributed by atoms with Crippen LogP contribution in [0.25, 0.3) is 10.2 Å². The Morgan fingerprint density at radius 2 is 1.69 bits per heavy atom. The van der Waals surface area contributed by atoms with Gasteiger partial charge in [-0.15, -0.1) is 12.4 Å². The Kier molecular flexibility index (Phi) is 9.66. The van der Waals surface area contributed by atoms with E-state index in [1.54, 1.807) is 43.4 Å². The number of halogens is 3. The van der Waals surface area contributed by atoms with Crippen molar-refractivity contribution < 1.29 is 19.0 Å². The number of methoxy groups -OCH3 is 2. The van der Waals surface area contributed by atoms with Gasteiger partial charge in [0.15, 0.2) is 11.7 Å². The van der Waals surface area contributed by atoms with E-state index in [0.717, 1.165) is 4.70 Å². The van der Waals surface area contributed by atoms with Gasteiger partial charge in [-0.25, -0.2) is 4.98 Å². The lowest BCUT2D eigenvalue weighted by Crippen LogP contribution is -2.39. The third kappa shape index (κ3) is 6.08. The fraction of sp³-hybridized carbons (Fsp3) is 0.333. The molecule has 1 heterocycles. The number of thiazole rings is 1. The Hall–Kier alpha value is -1.97. The molecule has 0 fully saturated rings. The third-order valence-corrected chi connectivity index (χ3v) is 6.07. The number of rotatable bonds is 9. The van der Waals surface area contributed by atoms with Crippen molar-refractivity contribution in [2.45, 2.75) is 0 Å². The second kappa shape index (κ2) is 11.8. The summed E-state index contributed by atoms with van der Waals surface area (Å²) < 4.78 is 17.4. The van der Waals surface area contributed by atoms with Crippen LogP contribution in [-0.4, -0.2) is 63.8 Å². The molecule has 0 atom stereocenters. The van der Waals surface area contributed by atoms with E-state index in [1.807, 2.05) is 25.1 Å². The highest BCUT2D eigenvalue weighted by atomic mass is 35.5. The molecule has 0 bridgehead atoms. The number of aromatic nitrogens is 1. The van der Waals surface area contributed by atoms with Gasteiger partial charge in [0.2, 0.25) is 0 Å². The van der Waals surface area contributed by atoms with E-state index in [4.69, 9.17) is 37.4 Å². The number of fused-ring (bicyclic) bond motifs is 1. The first-order valence-corrected chi connectivity index (χ1v) is 11.0. The predicted molar refractivity (Wildman–Crippen MR) is 133 cm³/mol. The maximum Gasteiger partial charge on any atom is 0.266 e. The van der Waals surface area contributed by atoms with Crippen LogP contribution in [0.15, 0.2) is 30.3 Å². The molecule has 3 aromatic rings. The molecule has 11 heteroatoms. The largest absolute Gasteiger partial charge is 0.495 e. The average molecular weight is 521 g/mol. The minimum absolute atomic E-state index is 0. The lowest BCUT2D eigenvalue weighted by Gasteiger charge is -2.22. The molecule has 7 nitrogen and oxygen atoms in total. The highest BCUT2D eigenvalue weighted by Crippen LogP contribution is 2.40. The molecule has 1 aromatic heterocycles. The van der Waals surface area contributed by atoms with Crippen molar-refractivity contribution in [1.82, 2.24) is 9.88 Å². The van der Waals surface area contributed by atoms with Crippen molar-refractivity contribution in [3.63, 3.8) is 0 Å². The van der Waals surface area contributed by atoms with Gasteiger partial charge in [-0.3, -0.25) is 9.69 Å². The molecule has 0 aliphatic rings. The van der Waals surface area contributed by atoms with Crippen LogP contribution in [0.4, 0.5) is 5.13 Å². The van der Waals surface area contributed by atoms with Gasteiger partial charge < -0.3 is 19.1 Å². The summed E-state index contributed by atoms with van der Waals surface area (Å²) >= 11 is 13.4. The second-order valence-electron chi connectivity index (χ2n) is 6.86. The molecule has 0 saturated heterocycles. The smallest absolute Gasteiger partial charge is 0.266 e. The van der Waals surface area contributed by atoms with Gasteiger partial charge in [-0.2, -0.15) is 0 Å². The number of ether oxygens (including phenoxy) is 3. The predicted octanol–water partition coefficient (Wildman–Crippen LogP) is 5.02. The van der Waals surface area contributed by atoms with E-state index in [0.29, 0.717) is 51.0 Å². The number of amides is 1. The first-order chi connectivity index (χ1) is 14.8. The Bertz CT molecular complexity index is 1040. The van der Waals surface area contributed by atoms with E-state index in [-0.39, 0.29) is 24.9 Å². The molecule has 0 N–H and O–H groups in total. The van der Waals surface area contributed by atoms with Gasteiger partial charge in [0.05, 0.1) is 19.2 Å². The lowest BCUT2D eigenvalue weighted by atomic mass is 10.3. The Labute approximate surface area is 207 Å². The van der Waals surface area contributed by atoms with Crippen LogP contribution in [0.5, 0.6) is 17.2 Å². The Morgan fingerprint density at radius 3 is 2.31 bits per heavy atom. The maximum atomic E-state index is 13.1. The van der Waals surface area contributed by atoms with E-state index in [2.05, 4.69) is 4.98 Å². The fourth-order valence-electron chi connectivity index (χ4n) is 2.83. The zero-order valence-electron chi connectivity index (χ0n) is 18.1. The van der Waals surface area contributed by atoms with Gasteiger partial charge in [-0.05, 0) is 44.4 Å². The van der Waals surface area contributed by atoms with E-state index in [9.17, 15) is 4.79 Å². The SMILES string of the molecule is COc1ccc(OC)c2sc(N(CCN(C)C)C(=O)COc3ccc(Cl)cc3Cl)nc12.Cl. The molecular weight excluding hydrogens is 497 g/mol. The molecule has 2 aromatic carbocycles. The number of hydrogen-bond donors (Lipinski definition) is 0. The van der Waals surface area contributed by atoms with Crippen LogP contribution < -0.4 is 19.1 Å². The number of carbonyl (C=O) groups is 1. The molecule has 32 heavy (non-hydrogen) atoms. The lowest BCUT2D eigenvalue weighted by molar-refractivity contribution is -0.120. The summed E-state index contributed by atoms with van der Waals surface area (Å²) in [5.41, 5.74) is 0.645. The van der Waals surface area contributed by atoms with Crippen molar-refractivity contribution in [1.29, 1.82) is 0 Å². The highest BCUT2D eigenvalue weighted by molar-refractivity contribution is 7.22. The second-order valence-corrected chi connectivity index (χ2v) is 8.68. The molecule has 0 aliphatic heterocycles. The summed E-state index contributed by atoms with van der Waals surface area (Å²) in [6.07, 6.45) is 0. The van der Waals surface area contributed by atoms with Gasteiger partial charge in [-0.1, -0.05) is 34.5 Å². The summed E-state index contributed by atoms with van der Waals surface area (Å²) in [6.45, 7) is 0.893. The normalized spacial score (nSPS) is 10.7. The van der Waals surface area contributed by atoms with Crippen molar-refractivity contribution in [2.75, 3.05) is 52.9 Å². The van der Waals surface area contributed by atoms with Crippen molar-refractivity contribution in [3.8, 4) is 17.2 Å². The summed E-state index contributed by atoms with van der Waals surface area (Å²) in [6, 6.07) is 8.47. The number of anilines is 1. The first kappa shape index (κ1) is 26.3. The maximum absolute atomic E-state index is 13.1. The Balaban J connectivity index is 0.00000363. The number of nitrogens with zero attached hydrogens (tertiary/aromatic N) is 3. The molecule has 0 unspecified atom stereocenters. The van der Waals surface area contributed by atoms with Crippen molar-refractivity contribution in [3.05, 3.63) is 40.4 Å². The molecule has 1 amide bonds. The molecule has 174 valence electrons. The topological polar surface area (TPSA) is 64.1 Å². The fourth-order valence-corrected chi connectivity index (χ4v) is 4.41. The van der Waals surface area contributed by atoms with Crippen molar-refractivity contribution in [2.24, 2.45) is 0 Å². The zero-order valence-corrected chi connectivity index (χ0v) is 21.2. The standard InChI is InChI=1S/C21H23Cl2N3O4S.ClH/c1-25(2)9-10-26(18(27)12-30-15-6-5-13(22)11-14(15)23)21-24-19-16(28-3)7-8-17(29-4)20(19)31-21;/h5-8,11H,9-10,12H2,1-4H3;1H. The number of hydrogen-bond acceptors (Lipinski definition) is 7. The minimum atomic E-state index is -0.246. The van der Waals surface area contributed by atoms with Crippen LogP contribution >= 0.6 is 46.9 Å². The van der Waals surface area contributed by atoms with Gasteiger partial charge in [0.25, 0.3) is 5.91 Å². The number of likely N-dealkylation sites (N-methyl/N-ethyl adjacent to an activating group) is 1. The average Bonchev–Trinajstić information content (AvgIpc) is 3.17. The molecule has 3 rings (SSSR count). The molecule has 0 spiro atoms. The van der Waals surface area contributed by atoms with Gasteiger partial charge in [0.1, 0.15) is 27.5 Å².